The van der Waals surface area contributed by atoms with Gasteiger partial charge >= 0.3 is 5.97 Å². The Hall–Kier alpha value is -1.12. The fourth-order valence-electron chi connectivity index (χ4n) is 2.60. The van der Waals surface area contributed by atoms with Crippen LogP contribution in [0.3, 0.4) is 0 Å². The van der Waals surface area contributed by atoms with E-state index in [9.17, 15) is 4.79 Å². The molecule has 0 bridgehead atoms. The van der Waals surface area contributed by atoms with Crippen molar-refractivity contribution in [2.45, 2.75) is 110 Å². The van der Waals surface area contributed by atoms with Gasteiger partial charge in [0.25, 0.3) is 0 Å². The van der Waals surface area contributed by atoms with Gasteiger partial charge in [-0.05, 0) is 32.1 Å². The zero-order valence-corrected chi connectivity index (χ0v) is 16.1. The Morgan fingerprint density at radius 3 is 1.83 bits per heavy atom. The molecule has 0 saturated carbocycles. The van der Waals surface area contributed by atoms with Crippen LogP contribution >= 0.6 is 0 Å². The Morgan fingerprint density at radius 1 is 0.792 bits per heavy atom. The molecule has 0 aromatic carbocycles. The van der Waals surface area contributed by atoms with E-state index in [4.69, 9.17) is 10.1 Å². The maximum absolute atomic E-state index is 11.4. The molecule has 0 spiro atoms. The van der Waals surface area contributed by atoms with Gasteiger partial charge in [-0.25, -0.2) is 0 Å². The third kappa shape index (κ3) is 17.2. The van der Waals surface area contributed by atoms with Gasteiger partial charge in [-0.2, -0.15) is 0 Å². The molecule has 0 radical (unpaired) electrons. The van der Waals surface area contributed by atoms with Crippen LogP contribution in [-0.4, -0.2) is 11.9 Å². The fourth-order valence-corrected chi connectivity index (χ4v) is 2.60. The number of hydrogen-bond donors (Lipinski definition) is 1. The normalized spacial score (nSPS) is 11.1. The Bertz CT molecular complexity index is 337. The SMILES string of the molecule is CCCCCCCC/C=C\CCCCCCCC(=O)OC(=N)CC. The molecule has 0 aromatic rings. The van der Waals surface area contributed by atoms with Crippen LogP contribution in [0.4, 0.5) is 0 Å². The number of carbonyl (C=O) groups is 1. The van der Waals surface area contributed by atoms with Gasteiger partial charge in [0.1, 0.15) is 0 Å². The zero-order chi connectivity index (χ0) is 17.9. The van der Waals surface area contributed by atoms with Crippen molar-refractivity contribution in [1.29, 1.82) is 5.41 Å². The number of carbonyl (C=O) groups excluding carboxylic acids is 1. The third-order valence-corrected chi connectivity index (χ3v) is 4.20. The maximum atomic E-state index is 11.4. The first-order valence-electron chi connectivity index (χ1n) is 10.1. The molecule has 140 valence electrons. The summed E-state index contributed by atoms with van der Waals surface area (Å²) >= 11 is 0. The summed E-state index contributed by atoms with van der Waals surface area (Å²) < 4.78 is 4.85. The van der Waals surface area contributed by atoms with Crippen molar-refractivity contribution in [3.8, 4) is 0 Å². The van der Waals surface area contributed by atoms with Gasteiger partial charge in [0, 0.05) is 12.8 Å². The summed E-state index contributed by atoms with van der Waals surface area (Å²) in [5.41, 5.74) is 0. The molecule has 0 saturated heterocycles. The summed E-state index contributed by atoms with van der Waals surface area (Å²) in [7, 11) is 0. The van der Waals surface area contributed by atoms with E-state index >= 15 is 0 Å². The number of nitrogens with one attached hydrogen (secondary N) is 1. The molecule has 0 unspecified atom stereocenters. The lowest BCUT2D eigenvalue weighted by Crippen LogP contribution is -2.10. The van der Waals surface area contributed by atoms with E-state index in [1.807, 2.05) is 6.92 Å². The van der Waals surface area contributed by atoms with Gasteiger partial charge in [-0.15, -0.1) is 0 Å². The molecule has 0 atom stereocenters. The molecular formula is C21H39NO2. The number of ether oxygens (including phenoxy) is 1. The molecule has 0 amide bonds. The minimum absolute atomic E-state index is 0.0766. The van der Waals surface area contributed by atoms with Crippen molar-refractivity contribution in [3.05, 3.63) is 12.2 Å². The standard InChI is InChI=1S/C21H39NO2/c1-3-5-6-7-8-9-10-11-12-13-14-15-16-17-18-19-21(23)24-20(22)4-2/h11-12,22H,3-10,13-19H2,1-2H3/b12-11-,22-20?. The minimum Gasteiger partial charge on any atom is -0.412 e. The van der Waals surface area contributed by atoms with Crippen LogP contribution in [0.25, 0.3) is 0 Å². The molecule has 0 aromatic heterocycles. The van der Waals surface area contributed by atoms with Gasteiger partial charge in [0.05, 0.1) is 0 Å². The van der Waals surface area contributed by atoms with Crippen molar-refractivity contribution in [1.82, 2.24) is 0 Å². The lowest BCUT2D eigenvalue weighted by Gasteiger charge is -2.03. The van der Waals surface area contributed by atoms with E-state index in [1.165, 1.54) is 70.6 Å². The van der Waals surface area contributed by atoms with Crippen LogP contribution in [-0.2, 0) is 9.53 Å². The second-order valence-electron chi connectivity index (χ2n) is 6.59. The summed E-state index contributed by atoms with van der Waals surface area (Å²) in [6.45, 7) is 4.08. The Balaban J connectivity index is 3.23. The molecule has 0 fully saturated rings. The van der Waals surface area contributed by atoms with Crippen LogP contribution in [0.5, 0.6) is 0 Å². The largest absolute Gasteiger partial charge is 0.412 e. The predicted octanol–water partition coefficient (Wildman–Crippen LogP) is 6.95. The van der Waals surface area contributed by atoms with Gasteiger partial charge in [-0.3, -0.25) is 10.2 Å². The first-order chi connectivity index (χ1) is 11.7. The van der Waals surface area contributed by atoms with Gasteiger partial charge < -0.3 is 4.74 Å². The van der Waals surface area contributed by atoms with Crippen LogP contribution < -0.4 is 0 Å². The van der Waals surface area contributed by atoms with E-state index in [0.717, 1.165) is 12.8 Å². The van der Waals surface area contributed by atoms with Crippen molar-refractivity contribution in [2.75, 3.05) is 0 Å². The summed E-state index contributed by atoms with van der Waals surface area (Å²) in [4.78, 5) is 11.4. The van der Waals surface area contributed by atoms with Gasteiger partial charge in [0.15, 0.2) is 5.90 Å². The van der Waals surface area contributed by atoms with E-state index in [1.54, 1.807) is 0 Å². The summed E-state index contributed by atoms with van der Waals surface area (Å²) in [5.74, 6) is -0.174. The molecule has 0 aliphatic rings. The molecule has 3 nitrogen and oxygen atoms in total. The highest BCUT2D eigenvalue weighted by Crippen LogP contribution is 2.10. The Labute approximate surface area is 149 Å². The highest BCUT2D eigenvalue weighted by atomic mass is 16.5. The first kappa shape index (κ1) is 22.9. The van der Waals surface area contributed by atoms with Crippen molar-refractivity contribution in [3.63, 3.8) is 0 Å². The van der Waals surface area contributed by atoms with Crippen LogP contribution in [0.2, 0.25) is 0 Å². The number of hydrogen-bond acceptors (Lipinski definition) is 3. The molecule has 1 N–H and O–H groups in total. The van der Waals surface area contributed by atoms with Gasteiger partial charge in [0.2, 0.25) is 0 Å². The third-order valence-electron chi connectivity index (χ3n) is 4.20. The second-order valence-corrected chi connectivity index (χ2v) is 6.59. The number of esters is 1. The lowest BCUT2D eigenvalue weighted by molar-refractivity contribution is -0.135. The highest BCUT2D eigenvalue weighted by molar-refractivity contribution is 5.86. The Kier molecular flexibility index (Phi) is 17.4. The second kappa shape index (κ2) is 18.2. The molecule has 0 aliphatic heterocycles. The van der Waals surface area contributed by atoms with Crippen molar-refractivity contribution in [2.24, 2.45) is 0 Å². The van der Waals surface area contributed by atoms with Crippen LogP contribution in [0.1, 0.15) is 110 Å². The molecule has 0 rings (SSSR count). The number of allylic oxidation sites excluding steroid dienone is 2. The van der Waals surface area contributed by atoms with Crippen LogP contribution in [0, 0.1) is 5.41 Å². The van der Waals surface area contributed by atoms with E-state index in [0.29, 0.717) is 12.8 Å². The average molecular weight is 338 g/mol. The predicted molar refractivity (Wildman–Crippen MR) is 104 cm³/mol. The smallest absolute Gasteiger partial charge is 0.312 e. The molecule has 0 heterocycles. The molecule has 24 heavy (non-hydrogen) atoms. The monoisotopic (exact) mass is 337 g/mol. The average Bonchev–Trinajstić information content (AvgIpc) is 2.58. The first-order valence-corrected chi connectivity index (χ1v) is 10.1. The Morgan fingerprint density at radius 2 is 1.29 bits per heavy atom. The topological polar surface area (TPSA) is 50.2 Å². The van der Waals surface area contributed by atoms with Crippen molar-refractivity contribution < 1.29 is 9.53 Å². The zero-order valence-electron chi connectivity index (χ0n) is 16.1. The van der Waals surface area contributed by atoms with Crippen LogP contribution in [0.15, 0.2) is 12.2 Å². The maximum Gasteiger partial charge on any atom is 0.312 e. The summed E-state index contributed by atoms with van der Waals surface area (Å²) in [5, 5.41) is 7.31. The van der Waals surface area contributed by atoms with E-state index in [2.05, 4.69) is 19.1 Å². The number of rotatable bonds is 16. The summed E-state index contributed by atoms with van der Waals surface area (Å²) in [6.07, 6.45) is 21.9. The molecule has 0 aliphatic carbocycles. The van der Waals surface area contributed by atoms with Gasteiger partial charge in [-0.1, -0.05) is 77.4 Å². The van der Waals surface area contributed by atoms with E-state index < -0.39 is 0 Å². The molecule has 3 heteroatoms. The number of unbranched alkanes of at least 4 members (excludes halogenated alkanes) is 11. The minimum atomic E-state index is -0.250. The van der Waals surface area contributed by atoms with Crippen molar-refractivity contribution >= 4 is 11.9 Å². The van der Waals surface area contributed by atoms with E-state index in [-0.39, 0.29) is 11.9 Å². The quantitative estimate of drug-likeness (QED) is 0.109. The highest BCUT2D eigenvalue weighted by Gasteiger charge is 2.04. The summed E-state index contributed by atoms with van der Waals surface area (Å²) in [6, 6.07) is 0. The molecular weight excluding hydrogens is 298 g/mol. The fraction of sp³-hybridized carbons (Fsp3) is 0.810. The lowest BCUT2D eigenvalue weighted by atomic mass is 10.1.